The van der Waals surface area contributed by atoms with Crippen molar-refractivity contribution in [3.63, 3.8) is 0 Å². The maximum absolute atomic E-state index is 11.9. The molecule has 0 fully saturated rings. The van der Waals surface area contributed by atoms with Gasteiger partial charge in [0.2, 0.25) is 5.91 Å². The van der Waals surface area contributed by atoms with Gasteiger partial charge in [-0.25, -0.2) is 0 Å². The lowest BCUT2D eigenvalue weighted by atomic mass is 10.1. The van der Waals surface area contributed by atoms with E-state index in [0.29, 0.717) is 12.4 Å². The van der Waals surface area contributed by atoms with Gasteiger partial charge < -0.3 is 9.64 Å². The minimum Gasteiger partial charge on any atom is -0.496 e. The van der Waals surface area contributed by atoms with E-state index in [1.165, 1.54) is 0 Å². The first-order chi connectivity index (χ1) is 8.10. The van der Waals surface area contributed by atoms with Crippen molar-refractivity contribution in [3.8, 4) is 5.75 Å². The van der Waals surface area contributed by atoms with E-state index in [2.05, 4.69) is 0 Å². The summed E-state index contributed by atoms with van der Waals surface area (Å²) in [4.78, 5) is 13.6. The molecule has 0 radical (unpaired) electrons. The Kier molecular flexibility index (Phi) is 5.29. The van der Waals surface area contributed by atoms with Crippen LogP contribution >= 0.6 is 11.6 Å². The summed E-state index contributed by atoms with van der Waals surface area (Å²) in [5.74, 6) is 1.03. The standard InChI is InChI=1S/C13H18ClNO2/c1-10(8-14)13(16)15(2)9-11-6-4-5-7-12(11)17-3/h4-7,10H,8-9H2,1-3H3. The summed E-state index contributed by atoms with van der Waals surface area (Å²) in [6.07, 6.45) is 0. The summed E-state index contributed by atoms with van der Waals surface area (Å²) < 4.78 is 5.25. The Morgan fingerprint density at radius 3 is 2.71 bits per heavy atom. The van der Waals surface area contributed by atoms with Gasteiger partial charge in [0.25, 0.3) is 0 Å². The number of rotatable bonds is 5. The van der Waals surface area contributed by atoms with E-state index in [-0.39, 0.29) is 11.8 Å². The Hall–Kier alpha value is -1.22. The molecule has 0 bridgehead atoms. The van der Waals surface area contributed by atoms with Crippen molar-refractivity contribution in [2.45, 2.75) is 13.5 Å². The van der Waals surface area contributed by atoms with Crippen LogP contribution in [-0.2, 0) is 11.3 Å². The highest BCUT2D eigenvalue weighted by atomic mass is 35.5. The summed E-state index contributed by atoms with van der Waals surface area (Å²) in [6.45, 7) is 2.36. The number of halogens is 1. The average molecular weight is 256 g/mol. The van der Waals surface area contributed by atoms with Crippen LogP contribution in [-0.4, -0.2) is 30.8 Å². The van der Waals surface area contributed by atoms with Crippen molar-refractivity contribution in [1.82, 2.24) is 4.90 Å². The van der Waals surface area contributed by atoms with Gasteiger partial charge in [-0.2, -0.15) is 0 Å². The van der Waals surface area contributed by atoms with Gasteiger partial charge in [0, 0.05) is 31.0 Å². The first kappa shape index (κ1) is 13.8. The number of amides is 1. The molecule has 1 rings (SSSR count). The predicted molar refractivity (Wildman–Crippen MR) is 69.4 cm³/mol. The number of ether oxygens (including phenoxy) is 1. The minimum atomic E-state index is -0.156. The van der Waals surface area contributed by atoms with E-state index in [9.17, 15) is 4.79 Å². The van der Waals surface area contributed by atoms with Crippen LogP contribution in [0.15, 0.2) is 24.3 Å². The van der Waals surface area contributed by atoms with Gasteiger partial charge in [0.15, 0.2) is 0 Å². The van der Waals surface area contributed by atoms with Crippen LogP contribution < -0.4 is 4.74 Å². The Balaban J connectivity index is 2.74. The molecule has 1 aromatic rings. The Morgan fingerprint density at radius 1 is 1.47 bits per heavy atom. The van der Waals surface area contributed by atoms with E-state index in [4.69, 9.17) is 16.3 Å². The molecule has 1 aromatic carbocycles. The monoisotopic (exact) mass is 255 g/mol. The molecule has 0 spiro atoms. The molecule has 1 unspecified atom stereocenters. The van der Waals surface area contributed by atoms with Crippen LogP contribution in [0.1, 0.15) is 12.5 Å². The highest BCUT2D eigenvalue weighted by Crippen LogP contribution is 2.19. The summed E-state index contributed by atoms with van der Waals surface area (Å²) in [5, 5.41) is 0. The fraction of sp³-hybridized carbons (Fsp3) is 0.462. The number of hydrogen-bond acceptors (Lipinski definition) is 2. The van der Waals surface area contributed by atoms with Crippen molar-refractivity contribution in [1.29, 1.82) is 0 Å². The summed E-state index contributed by atoms with van der Waals surface area (Å²) >= 11 is 5.68. The first-order valence-electron chi connectivity index (χ1n) is 5.53. The molecule has 17 heavy (non-hydrogen) atoms. The number of benzene rings is 1. The second kappa shape index (κ2) is 6.50. The van der Waals surface area contributed by atoms with Gasteiger partial charge in [-0.05, 0) is 6.07 Å². The maximum atomic E-state index is 11.9. The molecule has 4 heteroatoms. The zero-order valence-electron chi connectivity index (χ0n) is 10.4. The third kappa shape index (κ3) is 3.63. The Labute approximate surface area is 107 Å². The van der Waals surface area contributed by atoms with E-state index in [1.54, 1.807) is 19.1 Å². The predicted octanol–water partition coefficient (Wildman–Crippen LogP) is 2.53. The van der Waals surface area contributed by atoms with Crippen molar-refractivity contribution < 1.29 is 9.53 Å². The fourth-order valence-corrected chi connectivity index (χ4v) is 1.74. The zero-order chi connectivity index (χ0) is 12.8. The lowest BCUT2D eigenvalue weighted by Crippen LogP contribution is -2.32. The van der Waals surface area contributed by atoms with Crippen molar-refractivity contribution >= 4 is 17.5 Å². The lowest BCUT2D eigenvalue weighted by molar-refractivity contribution is -0.133. The molecule has 0 N–H and O–H groups in total. The largest absolute Gasteiger partial charge is 0.496 e. The van der Waals surface area contributed by atoms with Gasteiger partial charge in [-0.1, -0.05) is 25.1 Å². The summed E-state index contributed by atoms with van der Waals surface area (Å²) in [7, 11) is 3.40. The van der Waals surface area contributed by atoms with E-state index in [0.717, 1.165) is 11.3 Å². The second-order valence-electron chi connectivity index (χ2n) is 4.06. The molecule has 0 heterocycles. The van der Waals surface area contributed by atoms with Crippen LogP contribution in [0.3, 0.4) is 0 Å². The molecule has 1 amide bonds. The van der Waals surface area contributed by atoms with E-state index >= 15 is 0 Å². The molecule has 0 aliphatic heterocycles. The number of alkyl halides is 1. The highest BCUT2D eigenvalue weighted by molar-refractivity contribution is 6.19. The summed E-state index contributed by atoms with van der Waals surface area (Å²) in [5.41, 5.74) is 0.993. The summed E-state index contributed by atoms with van der Waals surface area (Å²) in [6, 6.07) is 7.68. The first-order valence-corrected chi connectivity index (χ1v) is 6.06. The van der Waals surface area contributed by atoms with E-state index in [1.807, 2.05) is 31.2 Å². The van der Waals surface area contributed by atoms with Crippen LogP contribution in [0, 0.1) is 5.92 Å². The highest BCUT2D eigenvalue weighted by Gasteiger charge is 2.17. The van der Waals surface area contributed by atoms with E-state index < -0.39 is 0 Å². The maximum Gasteiger partial charge on any atom is 0.226 e. The van der Waals surface area contributed by atoms with Crippen LogP contribution in [0.5, 0.6) is 5.75 Å². The quantitative estimate of drug-likeness (QED) is 0.757. The molecule has 0 saturated heterocycles. The topological polar surface area (TPSA) is 29.5 Å². The fourth-order valence-electron chi connectivity index (χ4n) is 1.61. The molecule has 0 saturated carbocycles. The molecular weight excluding hydrogens is 238 g/mol. The average Bonchev–Trinajstić information content (AvgIpc) is 2.37. The van der Waals surface area contributed by atoms with Crippen molar-refractivity contribution in [2.75, 3.05) is 20.0 Å². The normalized spacial score (nSPS) is 12.0. The van der Waals surface area contributed by atoms with Crippen LogP contribution in [0.4, 0.5) is 0 Å². The SMILES string of the molecule is COc1ccccc1CN(C)C(=O)C(C)CCl. The lowest BCUT2D eigenvalue weighted by Gasteiger charge is -2.21. The minimum absolute atomic E-state index is 0.0471. The van der Waals surface area contributed by atoms with Gasteiger partial charge in [-0.15, -0.1) is 11.6 Å². The van der Waals surface area contributed by atoms with Gasteiger partial charge in [0.1, 0.15) is 5.75 Å². The second-order valence-corrected chi connectivity index (χ2v) is 4.37. The molecular formula is C13H18ClNO2. The number of carbonyl (C=O) groups is 1. The number of nitrogens with zero attached hydrogens (tertiary/aromatic N) is 1. The van der Waals surface area contributed by atoms with Gasteiger partial charge in [-0.3, -0.25) is 4.79 Å². The Morgan fingerprint density at radius 2 is 2.12 bits per heavy atom. The number of hydrogen-bond donors (Lipinski definition) is 0. The number of para-hydroxylation sites is 1. The van der Waals surface area contributed by atoms with Crippen LogP contribution in [0.25, 0.3) is 0 Å². The molecule has 0 aromatic heterocycles. The molecule has 3 nitrogen and oxygen atoms in total. The van der Waals surface area contributed by atoms with Crippen molar-refractivity contribution in [3.05, 3.63) is 29.8 Å². The van der Waals surface area contributed by atoms with Gasteiger partial charge >= 0.3 is 0 Å². The molecule has 94 valence electrons. The third-order valence-corrected chi connectivity index (χ3v) is 3.09. The zero-order valence-corrected chi connectivity index (χ0v) is 11.2. The smallest absolute Gasteiger partial charge is 0.226 e. The number of methoxy groups -OCH3 is 1. The molecule has 0 aliphatic carbocycles. The molecule has 1 atom stereocenters. The van der Waals surface area contributed by atoms with Crippen molar-refractivity contribution in [2.24, 2.45) is 5.92 Å². The number of carbonyl (C=O) groups excluding carboxylic acids is 1. The Bertz CT molecular complexity index is 381. The van der Waals surface area contributed by atoms with Gasteiger partial charge in [0.05, 0.1) is 7.11 Å². The molecule has 0 aliphatic rings. The van der Waals surface area contributed by atoms with Crippen LogP contribution in [0.2, 0.25) is 0 Å². The third-order valence-electron chi connectivity index (χ3n) is 2.63.